The Kier molecular flexibility index (Phi) is 4.26. The molecule has 96 valence electrons. The van der Waals surface area contributed by atoms with E-state index in [1.807, 2.05) is 6.07 Å². The van der Waals surface area contributed by atoms with E-state index in [2.05, 4.69) is 15.3 Å². The van der Waals surface area contributed by atoms with Crippen LogP contribution in [0.15, 0.2) is 41.6 Å². The minimum Gasteiger partial charge on any atom is -0.338 e. The maximum absolute atomic E-state index is 12.4. The number of anilines is 2. The molecule has 1 aromatic carbocycles. The summed E-state index contributed by atoms with van der Waals surface area (Å²) in [5, 5.41) is 11.5. The molecule has 0 saturated heterocycles. The van der Waals surface area contributed by atoms with Crippen LogP contribution >= 0.6 is 11.8 Å². The molecular weight excluding hydrogens is 270 g/mol. The number of benzene rings is 1. The normalized spacial score (nSPS) is 10.2. The average molecular weight is 278 g/mol. The minimum absolute atomic E-state index is 0.195. The van der Waals surface area contributed by atoms with E-state index >= 15 is 0 Å². The second kappa shape index (κ2) is 6.11. The molecule has 0 spiro atoms. The first kappa shape index (κ1) is 13.2. The molecule has 0 saturated carbocycles. The van der Waals surface area contributed by atoms with E-state index in [1.165, 1.54) is 12.4 Å². The molecule has 0 fully saturated rings. The Balaban J connectivity index is 2.20. The molecule has 2 aromatic rings. The summed E-state index contributed by atoms with van der Waals surface area (Å²) in [5.41, 5.74) is 0.715. The molecule has 4 nitrogen and oxygen atoms in total. The van der Waals surface area contributed by atoms with Crippen molar-refractivity contribution in [3.8, 4) is 6.07 Å². The molecule has 0 amide bonds. The van der Waals surface area contributed by atoms with E-state index in [1.54, 1.807) is 24.3 Å². The van der Waals surface area contributed by atoms with Crippen LogP contribution in [-0.2, 0) is 0 Å². The number of rotatable bonds is 4. The third kappa shape index (κ3) is 3.63. The average Bonchev–Trinajstić information content (AvgIpc) is 2.41. The smallest absolute Gasteiger partial charge is 0.288 e. The number of halogens is 2. The zero-order chi connectivity index (χ0) is 13.7. The van der Waals surface area contributed by atoms with Gasteiger partial charge in [-0.3, -0.25) is 0 Å². The van der Waals surface area contributed by atoms with Gasteiger partial charge in [0.25, 0.3) is 5.76 Å². The Bertz CT molecular complexity index is 595. The molecule has 1 heterocycles. The highest BCUT2D eigenvalue weighted by Gasteiger charge is 2.10. The van der Waals surface area contributed by atoms with E-state index in [4.69, 9.17) is 5.26 Å². The second-order valence-corrected chi connectivity index (χ2v) is 4.43. The number of nitrogens with one attached hydrogen (secondary N) is 1. The van der Waals surface area contributed by atoms with Crippen molar-refractivity contribution >= 4 is 23.3 Å². The molecule has 1 aromatic heterocycles. The van der Waals surface area contributed by atoms with E-state index in [0.29, 0.717) is 28.2 Å². The van der Waals surface area contributed by atoms with Gasteiger partial charge < -0.3 is 5.32 Å². The fourth-order valence-corrected chi connectivity index (χ4v) is 1.95. The van der Waals surface area contributed by atoms with Gasteiger partial charge in [0, 0.05) is 4.90 Å². The Labute approximate surface area is 112 Å². The minimum atomic E-state index is -2.49. The maximum Gasteiger partial charge on any atom is 0.288 e. The zero-order valence-corrected chi connectivity index (χ0v) is 10.4. The van der Waals surface area contributed by atoms with Gasteiger partial charge in [-0.05, 0) is 12.1 Å². The standard InChI is InChI=1S/C12H8F2N4S/c13-12(14)19-10-4-2-1-3-9(10)18-11-7-16-8(5-15)6-17-11/h1-4,6-7,12H,(H,17,18). The summed E-state index contributed by atoms with van der Waals surface area (Å²) in [4.78, 5) is 8.24. The SMILES string of the molecule is N#Cc1cnc(Nc2ccccc2SC(F)F)cn1. The lowest BCUT2D eigenvalue weighted by Crippen LogP contribution is -1.97. The van der Waals surface area contributed by atoms with Gasteiger partial charge in [0.15, 0.2) is 5.69 Å². The van der Waals surface area contributed by atoms with Crippen molar-refractivity contribution in [2.75, 3.05) is 5.32 Å². The monoisotopic (exact) mass is 278 g/mol. The van der Waals surface area contributed by atoms with Crippen LogP contribution in [0.25, 0.3) is 0 Å². The molecule has 0 aliphatic rings. The third-order valence-corrected chi connectivity index (χ3v) is 2.92. The molecule has 0 aliphatic heterocycles. The van der Waals surface area contributed by atoms with Crippen molar-refractivity contribution in [3.63, 3.8) is 0 Å². The van der Waals surface area contributed by atoms with Crippen molar-refractivity contribution in [2.24, 2.45) is 0 Å². The lowest BCUT2D eigenvalue weighted by atomic mass is 10.3. The number of hydrogen-bond donors (Lipinski definition) is 1. The van der Waals surface area contributed by atoms with Crippen LogP contribution in [0.5, 0.6) is 0 Å². The molecule has 0 aliphatic carbocycles. The quantitative estimate of drug-likeness (QED) is 0.868. The van der Waals surface area contributed by atoms with Gasteiger partial charge in [0.05, 0.1) is 18.1 Å². The highest BCUT2D eigenvalue weighted by Crippen LogP contribution is 2.32. The van der Waals surface area contributed by atoms with Crippen LogP contribution in [0, 0.1) is 11.3 Å². The van der Waals surface area contributed by atoms with E-state index in [0.717, 1.165) is 0 Å². The Hall–Kier alpha value is -2.20. The first-order valence-electron chi connectivity index (χ1n) is 5.22. The lowest BCUT2D eigenvalue weighted by Gasteiger charge is -2.10. The predicted octanol–water partition coefficient (Wildman–Crippen LogP) is 3.41. The van der Waals surface area contributed by atoms with Gasteiger partial charge in [0.2, 0.25) is 0 Å². The number of alkyl halides is 2. The fraction of sp³-hybridized carbons (Fsp3) is 0.0833. The number of thioether (sulfide) groups is 1. The fourth-order valence-electron chi connectivity index (χ4n) is 1.36. The van der Waals surface area contributed by atoms with Crippen molar-refractivity contribution in [1.82, 2.24) is 9.97 Å². The number of aromatic nitrogens is 2. The van der Waals surface area contributed by atoms with E-state index in [-0.39, 0.29) is 5.69 Å². The molecule has 2 rings (SSSR count). The molecule has 0 radical (unpaired) electrons. The molecule has 0 bridgehead atoms. The van der Waals surface area contributed by atoms with Crippen molar-refractivity contribution in [2.45, 2.75) is 10.7 Å². The highest BCUT2D eigenvalue weighted by atomic mass is 32.2. The topological polar surface area (TPSA) is 61.6 Å². The Morgan fingerprint density at radius 2 is 2.00 bits per heavy atom. The predicted molar refractivity (Wildman–Crippen MR) is 68.3 cm³/mol. The van der Waals surface area contributed by atoms with Crippen LogP contribution in [0.1, 0.15) is 5.69 Å². The van der Waals surface area contributed by atoms with Gasteiger partial charge in [-0.15, -0.1) is 0 Å². The summed E-state index contributed by atoms with van der Waals surface area (Å²) < 4.78 is 24.8. The maximum atomic E-state index is 12.4. The van der Waals surface area contributed by atoms with Crippen LogP contribution in [0.4, 0.5) is 20.3 Å². The van der Waals surface area contributed by atoms with Crippen LogP contribution < -0.4 is 5.32 Å². The Morgan fingerprint density at radius 3 is 2.63 bits per heavy atom. The molecule has 7 heteroatoms. The van der Waals surface area contributed by atoms with Gasteiger partial charge in [-0.25, -0.2) is 9.97 Å². The summed E-state index contributed by atoms with van der Waals surface area (Å²) in [6.45, 7) is 0. The molecular formula is C12H8F2N4S. The van der Waals surface area contributed by atoms with Gasteiger partial charge in [-0.1, -0.05) is 23.9 Å². The second-order valence-electron chi connectivity index (χ2n) is 3.40. The van der Waals surface area contributed by atoms with Crippen molar-refractivity contribution < 1.29 is 8.78 Å². The summed E-state index contributed by atoms with van der Waals surface area (Å²) in [5.74, 6) is -2.10. The largest absolute Gasteiger partial charge is 0.338 e. The van der Waals surface area contributed by atoms with E-state index < -0.39 is 5.76 Å². The van der Waals surface area contributed by atoms with Crippen molar-refractivity contribution in [3.05, 3.63) is 42.4 Å². The molecule has 0 atom stereocenters. The summed E-state index contributed by atoms with van der Waals surface area (Å²) in [7, 11) is 0. The number of nitrogens with zero attached hydrogens (tertiary/aromatic N) is 3. The van der Waals surface area contributed by atoms with E-state index in [9.17, 15) is 8.78 Å². The van der Waals surface area contributed by atoms with Gasteiger partial charge in [0.1, 0.15) is 11.9 Å². The molecule has 19 heavy (non-hydrogen) atoms. The summed E-state index contributed by atoms with van der Waals surface area (Å²) in [6, 6.07) is 8.53. The molecule has 1 N–H and O–H groups in total. The van der Waals surface area contributed by atoms with Crippen LogP contribution in [0.2, 0.25) is 0 Å². The van der Waals surface area contributed by atoms with Crippen molar-refractivity contribution in [1.29, 1.82) is 5.26 Å². The molecule has 0 unspecified atom stereocenters. The first-order chi connectivity index (χ1) is 9.19. The van der Waals surface area contributed by atoms with Crippen LogP contribution in [0.3, 0.4) is 0 Å². The van der Waals surface area contributed by atoms with Crippen LogP contribution in [-0.4, -0.2) is 15.7 Å². The summed E-state index contributed by atoms with van der Waals surface area (Å²) >= 11 is 0.456. The Morgan fingerprint density at radius 1 is 1.21 bits per heavy atom. The summed E-state index contributed by atoms with van der Waals surface area (Å²) in [6.07, 6.45) is 2.69. The number of nitriles is 1. The zero-order valence-electron chi connectivity index (χ0n) is 9.55. The number of hydrogen-bond acceptors (Lipinski definition) is 5. The van der Waals surface area contributed by atoms with Gasteiger partial charge in [-0.2, -0.15) is 14.0 Å². The highest BCUT2D eigenvalue weighted by molar-refractivity contribution is 7.99. The van der Waals surface area contributed by atoms with Gasteiger partial charge >= 0.3 is 0 Å². The first-order valence-corrected chi connectivity index (χ1v) is 6.10. The number of para-hydroxylation sites is 1. The lowest BCUT2D eigenvalue weighted by molar-refractivity contribution is 0.252. The third-order valence-electron chi connectivity index (χ3n) is 2.13.